The van der Waals surface area contributed by atoms with Gasteiger partial charge in [-0.2, -0.15) is 0 Å². The van der Waals surface area contributed by atoms with Gasteiger partial charge in [0.1, 0.15) is 0 Å². The summed E-state index contributed by atoms with van der Waals surface area (Å²) in [7, 11) is 0. The Labute approximate surface area is 61.2 Å². The number of aromatic amines is 1. The van der Waals surface area contributed by atoms with Gasteiger partial charge >= 0.3 is 5.65 Å². The first-order valence-electron chi connectivity index (χ1n) is 2.97. The Bertz CT molecular complexity index is 365. The summed E-state index contributed by atoms with van der Waals surface area (Å²) in [6.45, 7) is 0. The van der Waals surface area contributed by atoms with Crippen molar-refractivity contribution in [1.82, 2.24) is 20.6 Å². The molecule has 4 N–H and O–H groups in total. The molecule has 0 aliphatic rings. The molecule has 0 bridgehead atoms. The van der Waals surface area contributed by atoms with Crippen LogP contribution in [0.5, 0.6) is 0 Å². The summed E-state index contributed by atoms with van der Waals surface area (Å²) < 4.78 is 1.34. The van der Waals surface area contributed by atoms with Crippen molar-refractivity contribution in [1.29, 1.82) is 0 Å². The highest BCUT2D eigenvalue weighted by atomic mass is 15.6. The van der Waals surface area contributed by atoms with Crippen LogP contribution in [0.15, 0.2) is 12.1 Å². The summed E-state index contributed by atoms with van der Waals surface area (Å²) in [4.78, 5) is 0. The molecule has 0 spiro atoms. The molecule has 2 rings (SSSR count). The smallest absolute Gasteiger partial charge is 0.306 e. The molecule has 0 unspecified atom stereocenters. The van der Waals surface area contributed by atoms with E-state index in [1.807, 2.05) is 0 Å². The molecule has 56 valence electrons. The van der Waals surface area contributed by atoms with Gasteiger partial charge in [0.25, 0.3) is 0 Å². The lowest BCUT2D eigenvalue weighted by Crippen LogP contribution is -2.30. The number of rotatable bonds is 1. The topological polar surface area (TPSA) is 96.6 Å². The van der Waals surface area contributed by atoms with Crippen LogP contribution in [0.3, 0.4) is 0 Å². The normalized spacial score (nSPS) is 10.3. The van der Waals surface area contributed by atoms with Gasteiger partial charge in [-0.05, 0) is 15.9 Å². The van der Waals surface area contributed by atoms with Gasteiger partial charge in [0.2, 0.25) is 0 Å². The van der Waals surface area contributed by atoms with E-state index in [1.54, 1.807) is 12.1 Å². The number of nitrogens with two attached hydrogens (primary N) is 1. The number of hydrogen-bond acceptors (Lipinski definition) is 5. The molecule has 0 aromatic carbocycles. The van der Waals surface area contributed by atoms with E-state index < -0.39 is 0 Å². The third-order valence-electron chi connectivity index (χ3n) is 1.25. The molecule has 0 aliphatic carbocycles. The van der Waals surface area contributed by atoms with Crippen molar-refractivity contribution in [2.45, 2.75) is 0 Å². The number of H-pyrrole nitrogens is 1. The fraction of sp³-hybridized carbons (Fsp3) is 0. The number of anilines is 1. The Morgan fingerprint density at radius 2 is 2.45 bits per heavy atom. The average Bonchev–Trinajstić information content (AvgIpc) is 2.50. The molecule has 0 saturated heterocycles. The third kappa shape index (κ3) is 0.867. The summed E-state index contributed by atoms with van der Waals surface area (Å²) in [5.74, 6) is 5.66. The summed E-state index contributed by atoms with van der Waals surface area (Å²) in [5.41, 5.74) is 3.04. The molecular formula is C4H6N7+. The van der Waals surface area contributed by atoms with Crippen LogP contribution in [-0.2, 0) is 0 Å². The third-order valence-corrected chi connectivity index (χ3v) is 1.25. The van der Waals surface area contributed by atoms with Crippen molar-refractivity contribution < 1.29 is 4.63 Å². The quantitative estimate of drug-likeness (QED) is 0.255. The van der Waals surface area contributed by atoms with E-state index in [0.29, 0.717) is 11.5 Å². The van der Waals surface area contributed by atoms with Crippen LogP contribution in [0.25, 0.3) is 5.65 Å². The molecule has 2 heterocycles. The van der Waals surface area contributed by atoms with Gasteiger partial charge in [-0.25, -0.2) is 5.84 Å². The van der Waals surface area contributed by atoms with E-state index in [9.17, 15) is 0 Å². The first-order valence-corrected chi connectivity index (χ1v) is 2.97. The number of nitrogens with zero attached hydrogens (tertiary/aromatic N) is 4. The van der Waals surface area contributed by atoms with Crippen LogP contribution in [0.4, 0.5) is 5.82 Å². The molecule has 2 aromatic rings. The van der Waals surface area contributed by atoms with E-state index in [0.717, 1.165) is 0 Å². The first kappa shape index (κ1) is 5.98. The van der Waals surface area contributed by atoms with Crippen molar-refractivity contribution in [3.63, 3.8) is 0 Å². The van der Waals surface area contributed by atoms with Crippen LogP contribution in [0.2, 0.25) is 0 Å². The van der Waals surface area contributed by atoms with Crippen LogP contribution >= 0.6 is 0 Å². The summed E-state index contributed by atoms with van der Waals surface area (Å²) in [5, 5.41) is 13.8. The number of aromatic nitrogens is 5. The van der Waals surface area contributed by atoms with Crippen LogP contribution in [-0.4, -0.2) is 20.6 Å². The number of fused-ring (bicyclic) bond motifs is 1. The van der Waals surface area contributed by atoms with Gasteiger partial charge in [-0.15, -0.1) is 0 Å². The van der Waals surface area contributed by atoms with E-state index in [1.165, 1.54) is 4.63 Å². The summed E-state index contributed by atoms with van der Waals surface area (Å²) >= 11 is 0. The van der Waals surface area contributed by atoms with E-state index in [4.69, 9.17) is 5.84 Å². The number of nitrogens with one attached hydrogen (secondary N) is 2. The van der Waals surface area contributed by atoms with Gasteiger partial charge < -0.3 is 5.43 Å². The lowest BCUT2D eigenvalue weighted by Gasteiger charge is -1.91. The van der Waals surface area contributed by atoms with Crippen molar-refractivity contribution in [2.24, 2.45) is 5.84 Å². The van der Waals surface area contributed by atoms with Crippen molar-refractivity contribution >= 4 is 11.5 Å². The van der Waals surface area contributed by atoms with Crippen molar-refractivity contribution in [3.8, 4) is 0 Å². The second-order valence-corrected chi connectivity index (χ2v) is 1.92. The van der Waals surface area contributed by atoms with E-state index >= 15 is 0 Å². The maximum atomic E-state index is 5.13. The minimum Gasteiger partial charge on any atom is -0.306 e. The maximum Gasteiger partial charge on any atom is 0.348 e. The predicted octanol–water partition coefficient (Wildman–Crippen LogP) is -1.78. The second-order valence-electron chi connectivity index (χ2n) is 1.92. The van der Waals surface area contributed by atoms with Crippen molar-refractivity contribution in [3.05, 3.63) is 12.1 Å². The summed E-state index contributed by atoms with van der Waals surface area (Å²) in [6, 6.07) is 3.45. The Balaban J connectivity index is 2.67. The molecule has 11 heavy (non-hydrogen) atoms. The largest absolute Gasteiger partial charge is 0.348 e. The number of tetrazole rings is 1. The first-order chi connectivity index (χ1) is 5.40. The van der Waals surface area contributed by atoms with Crippen molar-refractivity contribution in [2.75, 3.05) is 5.43 Å². The van der Waals surface area contributed by atoms with E-state index in [-0.39, 0.29) is 0 Å². The molecule has 0 saturated carbocycles. The van der Waals surface area contributed by atoms with Gasteiger partial charge in [-0.1, -0.05) is 5.10 Å². The van der Waals surface area contributed by atoms with Gasteiger partial charge in [0, 0.05) is 6.07 Å². The Morgan fingerprint density at radius 1 is 1.55 bits per heavy atom. The van der Waals surface area contributed by atoms with Crippen LogP contribution < -0.4 is 15.9 Å². The van der Waals surface area contributed by atoms with E-state index in [2.05, 4.69) is 26.0 Å². The average molecular weight is 152 g/mol. The molecule has 7 nitrogen and oxygen atoms in total. The predicted molar refractivity (Wildman–Crippen MR) is 35.1 cm³/mol. The molecule has 0 aliphatic heterocycles. The zero-order valence-electron chi connectivity index (χ0n) is 5.52. The summed E-state index contributed by atoms with van der Waals surface area (Å²) in [6.07, 6.45) is 0. The number of hydrogen-bond donors (Lipinski definition) is 3. The number of nitrogen functional groups attached to an aromatic ring is 1. The molecular weight excluding hydrogens is 146 g/mol. The second kappa shape index (κ2) is 2.13. The van der Waals surface area contributed by atoms with Gasteiger partial charge in [0.05, 0.1) is 10.3 Å². The van der Waals surface area contributed by atoms with Gasteiger partial charge in [-0.3, -0.25) is 0 Å². The number of hydrazine groups is 1. The maximum absolute atomic E-state index is 5.13. The van der Waals surface area contributed by atoms with Crippen LogP contribution in [0, 0.1) is 0 Å². The molecule has 0 atom stereocenters. The zero-order chi connectivity index (χ0) is 7.68. The SMILES string of the molecule is NNc1ccc2n[nH]n[n+]2n1. The monoisotopic (exact) mass is 152 g/mol. The molecule has 7 heteroatoms. The molecule has 0 amide bonds. The fourth-order valence-electron chi connectivity index (χ4n) is 0.755. The minimum atomic E-state index is 0.538. The molecule has 0 fully saturated rings. The Hall–Kier alpha value is -1.76. The highest BCUT2D eigenvalue weighted by Gasteiger charge is 2.05. The highest BCUT2D eigenvalue weighted by Crippen LogP contribution is 1.95. The zero-order valence-corrected chi connectivity index (χ0v) is 5.52. The lowest BCUT2D eigenvalue weighted by atomic mass is 10.5. The van der Waals surface area contributed by atoms with Gasteiger partial charge in [0.15, 0.2) is 5.82 Å². The highest BCUT2D eigenvalue weighted by molar-refractivity contribution is 5.35. The molecule has 0 radical (unpaired) electrons. The molecule has 2 aromatic heterocycles. The Kier molecular flexibility index (Phi) is 1.16. The standard InChI is InChI=1S/C4H5N7/c5-6-3-1-2-4-7-9-10-11(4)8-3/h1-2H,(H3,5,6,7,8,9,10)/p+1. The minimum absolute atomic E-state index is 0.538. The lowest BCUT2D eigenvalue weighted by molar-refractivity contribution is -0.644. The Morgan fingerprint density at radius 3 is 3.27 bits per heavy atom. The fourth-order valence-corrected chi connectivity index (χ4v) is 0.755. The van der Waals surface area contributed by atoms with Crippen LogP contribution in [0.1, 0.15) is 0 Å².